The number of benzene rings is 1. The first-order valence-corrected chi connectivity index (χ1v) is 16.1. The van der Waals surface area contributed by atoms with Crippen molar-refractivity contribution in [3.05, 3.63) is 40.1 Å². The lowest BCUT2D eigenvalue weighted by molar-refractivity contribution is -0.383. The van der Waals surface area contributed by atoms with Gasteiger partial charge in [-0.05, 0) is 59.6 Å². The Morgan fingerprint density at radius 3 is 2.54 bits per heavy atom. The molecular weight excluding hydrogens is 628 g/mol. The molecule has 2 fully saturated rings. The second-order valence-electron chi connectivity index (χ2n) is 11.9. The first kappa shape index (κ1) is 34.7. The Kier molecular flexibility index (Phi) is 11.2. The van der Waals surface area contributed by atoms with Crippen molar-refractivity contribution < 1.29 is 38.5 Å². The van der Waals surface area contributed by atoms with Crippen LogP contribution >= 0.6 is 0 Å². The first-order chi connectivity index (χ1) is 23.2. The number of non-ortho nitro benzene ring substituents is 1. The summed E-state index contributed by atoms with van der Waals surface area (Å²) in [6, 6.07) is 6.28. The van der Waals surface area contributed by atoms with Crippen LogP contribution in [0.2, 0.25) is 0 Å². The largest absolute Gasteiger partial charge is 0.476 e. The highest BCUT2D eigenvalue weighted by molar-refractivity contribution is 5.98. The van der Waals surface area contributed by atoms with E-state index < -0.39 is 16.4 Å². The van der Waals surface area contributed by atoms with Crippen LogP contribution in [0, 0.1) is 22.0 Å². The topological polar surface area (TPSA) is 216 Å². The Bertz CT molecular complexity index is 1590. The summed E-state index contributed by atoms with van der Waals surface area (Å²) in [4.78, 5) is 44.1. The average Bonchev–Trinajstić information content (AvgIpc) is 3.66. The number of hydrogen-bond acceptors (Lipinski definition) is 14. The maximum atomic E-state index is 13.5. The van der Waals surface area contributed by atoms with Gasteiger partial charge in [0.25, 0.3) is 5.91 Å². The molecular formula is C31H42N8O9. The van der Waals surface area contributed by atoms with E-state index in [2.05, 4.69) is 40.8 Å². The number of aliphatic hydroxyl groups excluding tert-OH is 1. The lowest BCUT2D eigenvalue weighted by Crippen LogP contribution is -2.58. The maximum absolute atomic E-state index is 13.5. The monoisotopic (exact) mass is 670 g/mol. The van der Waals surface area contributed by atoms with Crippen LogP contribution in [0.15, 0.2) is 28.9 Å². The van der Waals surface area contributed by atoms with E-state index in [9.17, 15) is 24.8 Å². The van der Waals surface area contributed by atoms with E-state index in [4.69, 9.17) is 14.2 Å². The number of nitro groups is 1. The van der Waals surface area contributed by atoms with Crippen molar-refractivity contribution in [2.45, 2.75) is 44.8 Å². The molecule has 2 aromatic heterocycles. The highest BCUT2D eigenvalue weighted by Crippen LogP contribution is 2.39. The van der Waals surface area contributed by atoms with Crippen molar-refractivity contribution in [1.29, 1.82) is 0 Å². The number of nitrogens with one attached hydrogen (secondary N) is 3. The van der Waals surface area contributed by atoms with Crippen LogP contribution < -0.4 is 25.6 Å². The number of anilines is 2. The molecule has 0 unspecified atom stereocenters. The molecule has 48 heavy (non-hydrogen) atoms. The summed E-state index contributed by atoms with van der Waals surface area (Å²) in [6.07, 6.45) is 1.71. The van der Waals surface area contributed by atoms with Gasteiger partial charge in [-0.3, -0.25) is 19.7 Å². The minimum absolute atomic E-state index is 0.0513. The van der Waals surface area contributed by atoms with Crippen LogP contribution in [-0.2, 0) is 14.3 Å². The molecule has 2 aliphatic rings. The number of carbonyl (C=O) groups is 2. The lowest BCUT2D eigenvalue weighted by Gasteiger charge is -2.40. The quantitative estimate of drug-likeness (QED) is 0.0814. The minimum atomic E-state index is -1.17. The molecule has 1 aliphatic heterocycles. The van der Waals surface area contributed by atoms with Crippen molar-refractivity contribution in [2.75, 3.05) is 69.9 Å². The molecule has 4 N–H and O–H groups in total. The highest BCUT2D eigenvalue weighted by atomic mass is 16.6. The fraction of sp³-hybridized carbons (Fsp3) is 0.581. The van der Waals surface area contributed by atoms with Gasteiger partial charge < -0.3 is 40.2 Å². The summed E-state index contributed by atoms with van der Waals surface area (Å²) in [5, 5.41) is 36.8. The second-order valence-corrected chi connectivity index (χ2v) is 11.9. The zero-order chi connectivity index (χ0) is 34.3. The molecule has 17 heteroatoms. The van der Waals surface area contributed by atoms with Gasteiger partial charge in [0.05, 0.1) is 36.5 Å². The first-order valence-electron chi connectivity index (χ1n) is 16.1. The average molecular weight is 671 g/mol. The number of fused-ring (bicyclic) bond motifs is 1. The summed E-state index contributed by atoms with van der Waals surface area (Å²) in [5.41, 5.74) is 0.342. The summed E-state index contributed by atoms with van der Waals surface area (Å²) >= 11 is 0. The van der Waals surface area contributed by atoms with Crippen LogP contribution in [0.5, 0.6) is 5.88 Å². The fourth-order valence-electron chi connectivity index (χ4n) is 5.61. The number of aliphatic hydroxyl groups is 1. The van der Waals surface area contributed by atoms with E-state index >= 15 is 0 Å². The maximum Gasteiger partial charge on any atom is 0.300 e. The molecule has 0 spiro atoms. The van der Waals surface area contributed by atoms with Crippen LogP contribution in [0.4, 0.5) is 17.1 Å². The molecule has 0 bridgehead atoms. The van der Waals surface area contributed by atoms with E-state index in [1.807, 2.05) is 13.8 Å². The number of methoxy groups -OCH3 is 1. The number of nitro benzene ring substituents is 1. The molecule has 17 nitrogen and oxygen atoms in total. The SMILES string of the molecule is CCC(CC)(NC(=O)c1ccc(N2CC(OC)C2)c(OC[C@H]2C[C@@H]2CO)n1)C(=O)NCCOCCNc1ccc([N+](=O)[O-])c2nonc12. The molecule has 2 atom stereocenters. The Morgan fingerprint density at radius 1 is 1.10 bits per heavy atom. The number of ether oxygens (including phenoxy) is 3. The van der Waals surface area contributed by atoms with Crippen molar-refractivity contribution in [3.63, 3.8) is 0 Å². The van der Waals surface area contributed by atoms with Gasteiger partial charge in [0.15, 0.2) is 5.52 Å². The van der Waals surface area contributed by atoms with Crippen molar-refractivity contribution in [2.24, 2.45) is 11.8 Å². The van der Waals surface area contributed by atoms with Gasteiger partial charge in [-0.1, -0.05) is 13.8 Å². The molecule has 1 aliphatic carbocycles. The summed E-state index contributed by atoms with van der Waals surface area (Å²) in [5.74, 6) is -0.0134. The molecule has 260 valence electrons. The van der Waals surface area contributed by atoms with Gasteiger partial charge >= 0.3 is 5.69 Å². The zero-order valence-electron chi connectivity index (χ0n) is 27.3. The molecule has 5 rings (SSSR count). The predicted molar refractivity (Wildman–Crippen MR) is 173 cm³/mol. The van der Waals surface area contributed by atoms with Crippen molar-refractivity contribution in [3.8, 4) is 5.88 Å². The predicted octanol–water partition coefficient (Wildman–Crippen LogP) is 1.90. The number of aromatic nitrogens is 3. The number of nitrogens with zero attached hydrogens (tertiary/aromatic N) is 5. The normalized spacial score (nSPS) is 17.5. The minimum Gasteiger partial charge on any atom is -0.476 e. The molecule has 1 saturated heterocycles. The standard InChI is InChI=1S/C31H42N8O9/c1-4-31(5-2,30(42)33-11-13-46-12-10-32-22-6-8-24(39(43)44)27-26(22)36-48-37-27)35-28(41)23-7-9-25(38-15-21(16-38)45-3)29(34-23)47-18-20-14-19(20)17-40/h6-9,19-21,32,40H,4-5,10-18H2,1-3H3,(H,33,42)(H,35,41)/t19-,20-/m1/s1. The Hall–Kier alpha value is -4.61. The third-order valence-corrected chi connectivity index (χ3v) is 9.01. The number of hydrogen-bond donors (Lipinski definition) is 4. The van der Waals surface area contributed by atoms with E-state index in [1.165, 1.54) is 12.1 Å². The van der Waals surface area contributed by atoms with E-state index in [-0.39, 0.29) is 72.6 Å². The molecule has 0 radical (unpaired) electrons. The van der Waals surface area contributed by atoms with Crippen LogP contribution in [0.1, 0.15) is 43.6 Å². The van der Waals surface area contributed by atoms with E-state index in [1.54, 1.807) is 19.2 Å². The van der Waals surface area contributed by atoms with Gasteiger partial charge in [-0.25, -0.2) is 9.61 Å². The molecule has 3 aromatic rings. The summed E-state index contributed by atoms with van der Waals surface area (Å²) in [7, 11) is 1.67. The summed E-state index contributed by atoms with van der Waals surface area (Å²) < 4.78 is 21.8. The Morgan fingerprint density at radius 2 is 1.85 bits per heavy atom. The van der Waals surface area contributed by atoms with Gasteiger partial charge in [0.1, 0.15) is 16.9 Å². The van der Waals surface area contributed by atoms with Gasteiger partial charge in [0, 0.05) is 46.0 Å². The molecule has 1 aromatic carbocycles. The van der Waals surface area contributed by atoms with E-state index in [0.717, 1.165) is 12.1 Å². The van der Waals surface area contributed by atoms with Crippen molar-refractivity contribution in [1.82, 2.24) is 25.9 Å². The van der Waals surface area contributed by atoms with Crippen LogP contribution in [0.3, 0.4) is 0 Å². The molecule has 1 saturated carbocycles. The highest BCUT2D eigenvalue weighted by Gasteiger charge is 2.39. The van der Waals surface area contributed by atoms with E-state index in [0.29, 0.717) is 50.7 Å². The van der Waals surface area contributed by atoms with Crippen LogP contribution in [-0.4, -0.2) is 109 Å². The van der Waals surface area contributed by atoms with Gasteiger partial charge in [0.2, 0.25) is 17.3 Å². The van der Waals surface area contributed by atoms with Crippen LogP contribution in [0.25, 0.3) is 11.0 Å². The molecule has 2 amide bonds. The number of rotatable bonds is 19. The zero-order valence-corrected chi connectivity index (χ0v) is 27.3. The van der Waals surface area contributed by atoms with Crippen molar-refractivity contribution >= 4 is 39.9 Å². The van der Waals surface area contributed by atoms with Gasteiger partial charge in [-0.15, -0.1) is 0 Å². The molecule has 3 heterocycles. The number of amides is 2. The number of carbonyl (C=O) groups excluding carboxylic acids is 2. The third-order valence-electron chi connectivity index (χ3n) is 9.01. The third kappa shape index (κ3) is 7.74. The number of pyridine rings is 1. The Labute approximate surface area is 276 Å². The second kappa shape index (κ2) is 15.5. The van der Waals surface area contributed by atoms with Gasteiger partial charge in [-0.2, -0.15) is 0 Å². The summed E-state index contributed by atoms with van der Waals surface area (Å²) in [6.45, 7) is 6.62. The fourth-order valence-corrected chi connectivity index (χ4v) is 5.61. The Balaban J connectivity index is 1.11. The lowest BCUT2D eigenvalue weighted by atomic mass is 9.91. The smallest absolute Gasteiger partial charge is 0.300 e.